The number of rotatable bonds is 4. The number of hydrogen-bond donors (Lipinski definition) is 3. The maximum absolute atomic E-state index is 13.4. The van der Waals surface area contributed by atoms with E-state index in [2.05, 4.69) is 15.6 Å². The maximum Gasteiger partial charge on any atom is 0.323 e. The molecule has 164 valence electrons. The van der Waals surface area contributed by atoms with Crippen LogP contribution < -0.4 is 21.9 Å². The first-order valence-electron chi connectivity index (χ1n) is 10.0. The van der Waals surface area contributed by atoms with E-state index in [-0.39, 0.29) is 10.9 Å². The van der Waals surface area contributed by atoms with Gasteiger partial charge in [0.1, 0.15) is 11.9 Å². The fourth-order valence-electron chi connectivity index (χ4n) is 3.46. The van der Waals surface area contributed by atoms with Crippen molar-refractivity contribution in [2.75, 3.05) is 10.6 Å². The van der Waals surface area contributed by atoms with Crippen LogP contribution in [0.2, 0.25) is 5.02 Å². The molecule has 1 atom stereocenters. The van der Waals surface area contributed by atoms with Gasteiger partial charge >= 0.3 is 6.03 Å². The average Bonchev–Trinajstić information content (AvgIpc) is 2.79. The van der Waals surface area contributed by atoms with Gasteiger partial charge in [0.05, 0.1) is 38.9 Å². The minimum atomic E-state index is -0.538. The maximum atomic E-state index is 13.4. The zero-order valence-electron chi connectivity index (χ0n) is 17.5. The fraction of sp³-hybridized carbons (Fsp3) is 0.0833. The third kappa shape index (κ3) is 4.41. The number of carbonyl (C=O) groups is 1. The van der Waals surface area contributed by atoms with E-state index in [1.807, 2.05) is 6.07 Å². The molecule has 1 heterocycles. The number of halogens is 1. The molecule has 0 aliphatic rings. The number of nitrogens with one attached hydrogen (secondary N) is 2. The number of aromatic nitrogens is 2. The van der Waals surface area contributed by atoms with Crippen molar-refractivity contribution in [2.45, 2.75) is 13.0 Å². The van der Waals surface area contributed by atoms with Gasteiger partial charge in [-0.1, -0.05) is 35.9 Å². The first kappa shape index (κ1) is 22.0. The Morgan fingerprint density at radius 3 is 2.64 bits per heavy atom. The van der Waals surface area contributed by atoms with E-state index in [0.717, 1.165) is 0 Å². The van der Waals surface area contributed by atoms with E-state index < -0.39 is 12.1 Å². The largest absolute Gasteiger partial charge is 0.323 e. The lowest BCUT2D eigenvalue weighted by Gasteiger charge is -2.17. The van der Waals surface area contributed by atoms with Crippen LogP contribution in [0.25, 0.3) is 16.6 Å². The van der Waals surface area contributed by atoms with Crippen molar-refractivity contribution in [1.29, 1.82) is 5.26 Å². The van der Waals surface area contributed by atoms with Crippen LogP contribution in [0.15, 0.2) is 71.5 Å². The summed E-state index contributed by atoms with van der Waals surface area (Å²) in [6, 6.07) is 19.4. The summed E-state index contributed by atoms with van der Waals surface area (Å²) in [7, 11) is 0. The molecule has 1 aromatic heterocycles. The van der Waals surface area contributed by atoms with Crippen LogP contribution in [0.3, 0.4) is 0 Å². The normalized spacial score (nSPS) is 11.6. The molecule has 4 rings (SSSR count). The van der Waals surface area contributed by atoms with Gasteiger partial charge in [-0.2, -0.15) is 5.26 Å². The molecule has 0 bridgehead atoms. The predicted molar refractivity (Wildman–Crippen MR) is 129 cm³/mol. The number of hydrogen-bond acceptors (Lipinski definition) is 5. The number of nitrogens with two attached hydrogens (primary N) is 1. The molecule has 33 heavy (non-hydrogen) atoms. The van der Waals surface area contributed by atoms with E-state index in [9.17, 15) is 14.9 Å². The lowest BCUT2D eigenvalue weighted by molar-refractivity contribution is 0.262. The van der Waals surface area contributed by atoms with Gasteiger partial charge in [0.15, 0.2) is 0 Å². The third-order valence-electron chi connectivity index (χ3n) is 4.94. The number of nitrogens with zero attached hydrogens (tertiary/aromatic N) is 3. The van der Waals surface area contributed by atoms with Crippen LogP contribution >= 0.6 is 11.6 Å². The Hall–Kier alpha value is -4.19. The van der Waals surface area contributed by atoms with E-state index >= 15 is 0 Å². The molecule has 0 fully saturated rings. The quantitative estimate of drug-likeness (QED) is 0.412. The van der Waals surface area contributed by atoms with Crippen molar-refractivity contribution in [3.05, 3.63) is 93.5 Å². The van der Waals surface area contributed by atoms with E-state index in [4.69, 9.17) is 17.3 Å². The zero-order chi connectivity index (χ0) is 23.5. The molecule has 4 aromatic rings. The molecule has 0 aliphatic carbocycles. The van der Waals surface area contributed by atoms with Crippen molar-refractivity contribution in [3.63, 3.8) is 0 Å². The van der Waals surface area contributed by atoms with Crippen molar-refractivity contribution >= 4 is 39.9 Å². The average molecular weight is 459 g/mol. The van der Waals surface area contributed by atoms with Crippen LogP contribution in [0.5, 0.6) is 0 Å². The summed E-state index contributed by atoms with van der Waals surface area (Å²) in [6.07, 6.45) is 0. The van der Waals surface area contributed by atoms with E-state index in [1.165, 1.54) is 4.57 Å². The molecule has 0 saturated heterocycles. The standard InChI is InChI=1S/C24H19ClN6O2/c1-14(27)22-29-20-11-5-9-18(25)21(20)23(32)31(22)17-8-4-7-16(12-17)28-24(33)30-19-10-3-2-6-15(19)13-26/h2-12,14H,27H2,1H3,(H2,28,30,33)/t14-/m0/s1. The number of urea groups is 1. The summed E-state index contributed by atoms with van der Waals surface area (Å²) in [5.74, 6) is 0.360. The van der Waals surface area contributed by atoms with Gasteiger partial charge in [-0.25, -0.2) is 9.78 Å². The van der Waals surface area contributed by atoms with Crippen molar-refractivity contribution in [2.24, 2.45) is 5.73 Å². The second kappa shape index (κ2) is 9.12. The van der Waals surface area contributed by atoms with E-state index in [0.29, 0.717) is 39.0 Å². The van der Waals surface area contributed by atoms with Crippen molar-refractivity contribution < 1.29 is 4.79 Å². The summed E-state index contributed by atoms with van der Waals surface area (Å²) >= 11 is 6.28. The summed E-state index contributed by atoms with van der Waals surface area (Å²) in [4.78, 5) is 30.4. The van der Waals surface area contributed by atoms with Crippen molar-refractivity contribution in [3.8, 4) is 11.8 Å². The third-order valence-corrected chi connectivity index (χ3v) is 5.25. The topological polar surface area (TPSA) is 126 Å². The SMILES string of the molecule is C[C@H](N)c1nc2cccc(Cl)c2c(=O)n1-c1cccc(NC(=O)Nc2ccccc2C#N)c1. The molecule has 0 unspecified atom stereocenters. The first-order chi connectivity index (χ1) is 15.9. The highest BCUT2D eigenvalue weighted by Gasteiger charge is 2.18. The van der Waals surface area contributed by atoms with E-state index in [1.54, 1.807) is 73.7 Å². The molecule has 0 aliphatic heterocycles. The van der Waals surface area contributed by atoms with Gasteiger partial charge in [-0.15, -0.1) is 0 Å². The Balaban J connectivity index is 1.72. The Labute approximate surface area is 194 Å². The Morgan fingerprint density at radius 2 is 1.88 bits per heavy atom. The summed E-state index contributed by atoms with van der Waals surface area (Å²) in [5, 5.41) is 15.1. The molecule has 0 spiro atoms. The highest BCUT2D eigenvalue weighted by Crippen LogP contribution is 2.23. The van der Waals surface area contributed by atoms with Gasteiger partial charge in [-0.3, -0.25) is 9.36 Å². The monoisotopic (exact) mass is 458 g/mol. The van der Waals surface area contributed by atoms with Gasteiger partial charge in [0, 0.05) is 5.69 Å². The number of amides is 2. The zero-order valence-corrected chi connectivity index (χ0v) is 18.3. The Kier molecular flexibility index (Phi) is 6.09. The number of anilines is 2. The number of fused-ring (bicyclic) bond motifs is 1. The fourth-order valence-corrected chi connectivity index (χ4v) is 3.71. The molecule has 0 saturated carbocycles. The molecule has 4 N–H and O–H groups in total. The lowest BCUT2D eigenvalue weighted by Crippen LogP contribution is -2.28. The highest BCUT2D eigenvalue weighted by molar-refractivity contribution is 6.35. The minimum absolute atomic E-state index is 0.285. The van der Waals surface area contributed by atoms with Crippen LogP contribution in [0, 0.1) is 11.3 Å². The Bertz CT molecular complexity index is 1470. The summed E-state index contributed by atoms with van der Waals surface area (Å²) in [5.41, 5.74) is 7.85. The van der Waals surface area contributed by atoms with Gasteiger partial charge in [0.2, 0.25) is 0 Å². The summed E-state index contributed by atoms with van der Waals surface area (Å²) < 4.78 is 1.40. The highest BCUT2D eigenvalue weighted by atomic mass is 35.5. The first-order valence-corrected chi connectivity index (χ1v) is 10.4. The van der Waals surface area contributed by atoms with Crippen LogP contribution in [0.1, 0.15) is 24.4 Å². The second-order valence-electron chi connectivity index (χ2n) is 7.32. The number of para-hydroxylation sites is 1. The van der Waals surface area contributed by atoms with Crippen LogP contribution in [0.4, 0.5) is 16.2 Å². The second-order valence-corrected chi connectivity index (χ2v) is 7.73. The van der Waals surface area contributed by atoms with Gasteiger partial charge in [-0.05, 0) is 49.4 Å². The summed E-state index contributed by atoms with van der Waals surface area (Å²) in [6.45, 7) is 1.73. The molecule has 3 aromatic carbocycles. The minimum Gasteiger partial charge on any atom is -0.322 e. The smallest absolute Gasteiger partial charge is 0.322 e. The van der Waals surface area contributed by atoms with Crippen LogP contribution in [-0.2, 0) is 0 Å². The predicted octanol–water partition coefficient (Wildman–Crippen LogP) is 4.57. The number of benzene rings is 3. The molecule has 8 nitrogen and oxygen atoms in total. The van der Waals surface area contributed by atoms with Gasteiger partial charge in [0.25, 0.3) is 5.56 Å². The van der Waals surface area contributed by atoms with Gasteiger partial charge < -0.3 is 16.4 Å². The van der Waals surface area contributed by atoms with Crippen molar-refractivity contribution in [1.82, 2.24) is 9.55 Å². The molecule has 2 amide bonds. The number of carbonyl (C=O) groups excluding carboxylic acids is 1. The van der Waals surface area contributed by atoms with Crippen LogP contribution in [-0.4, -0.2) is 15.6 Å². The molecule has 0 radical (unpaired) electrons. The molecule has 9 heteroatoms. The number of nitriles is 1. The molecular weight excluding hydrogens is 440 g/mol. The Morgan fingerprint density at radius 1 is 1.12 bits per heavy atom. The molecular formula is C24H19ClN6O2. The lowest BCUT2D eigenvalue weighted by atomic mass is 10.2.